The van der Waals surface area contributed by atoms with Gasteiger partial charge in [0.15, 0.2) is 0 Å². The topological polar surface area (TPSA) is 95.7 Å². The molecule has 6 heteroatoms. The zero-order valence-electron chi connectivity index (χ0n) is 18.6. The van der Waals surface area contributed by atoms with Crippen molar-refractivity contribution in [3.63, 3.8) is 0 Å². The molecule has 0 saturated carbocycles. The van der Waals surface area contributed by atoms with Crippen LogP contribution in [-0.2, 0) is 22.6 Å². The smallest absolute Gasteiger partial charge is 0.247 e. The van der Waals surface area contributed by atoms with Crippen LogP contribution in [-0.4, -0.2) is 27.9 Å². The first-order chi connectivity index (χ1) is 13.9. The maximum atomic E-state index is 13.4. The average molecular weight is 410 g/mol. The molecule has 0 aromatic heterocycles. The van der Waals surface area contributed by atoms with E-state index in [2.05, 4.69) is 5.32 Å². The second-order valence-electron chi connectivity index (χ2n) is 9.26. The van der Waals surface area contributed by atoms with E-state index in [9.17, 15) is 14.7 Å². The van der Waals surface area contributed by atoms with Crippen molar-refractivity contribution in [3.8, 4) is 5.75 Å². The normalized spacial score (nSPS) is 16.2. The summed E-state index contributed by atoms with van der Waals surface area (Å²) < 4.78 is 0. The number of hydrogen-bond acceptors (Lipinski definition) is 4. The maximum Gasteiger partial charge on any atom is 0.247 e. The van der Waals surface area contributed by atoms with E-state index in [-0.39, 0.29) is 17.6 Å². The van der Waals surface area contributed by atoms with E-state index >= 15 is 0 Å². The highest BCUT2D eigenvalue weighted by Gasteiger charge is 2.39. The van der Waals surface area contributed by atoms with Crippen LogP contribution in [0.25, 0.3) is 0 Å². The highest BCUT2D eigenvalue weighted by molar-refractivity contribution is 5.99. The number of amides is 2. The fraction of sp³-hybridized carbons (Fsp3) is 0.417. The van der Waals surface area contributed by atoms with Crippen LogP contribution in [0, 0.1) is 26.2 Å². The van der Waals surface area contributed by atoms with E-state index in [1.54, 1.807) is 17.9 Å². The molecule has 6 nitrogen and oxygen atoms in total. The van der Waals surface area contributed by atoms with Gasteiger partial charge in [0.25, 0.3) is 0 Å². The summed E-state index contributed by atoms with van der Waals surface area (Å²) in [5, 5.41) is 13.2. The van der Waals surface area contributed by atoms with Crippen molar-refractivity contribution >= 4 is 23.2 Å². The van der Waals surface area contributed by atoms with Gasteiger partial charge in [0.2, 0.25) is 11.8 Å². The monoisotopic (exact) mass is 409 g/mol. The second-order valence-corrected chi connectivity index (χ2v) is 9.26. The molecular formula is C24H31N3O3. The van der Waals surface area contributed by atoms with Crippen molar-refractivity contribution in [2.24, 2.45) is 5.41 Å². The lowest BCUT2D eigenvalue weighted by molar-refractivity contribution is -0.146. The molecule has 3 rings (SSSR count). The summed E-state index contributed by atoms with van der Waals surface area (Å²) in [7, 11) is 0. The molecule has 30 heavy (non-hydrogen) atoms. The van der Waals surface area contributed by atoms with Gasteiger partial charge >= 0.3 is 0 Å². The molecule has 1 aliphatic heterocycles. The van der Waals surface area contributed by atoms with Gasteiger partial charge in [-0.15, -0.1) is 0 Å². The Morgan fingerprint density at radius 3 is 2.40 bits per heavy atom. The molecule has 0 radical (unpaired) electrons. The molecule has 2 amide bonds. The van der Waals surface area contributed by atoms with Crippen molar-refractivity contribution in [1.82, 2.24) is 4.90 Å². The minimum absolute atomic E-state index is 0.0782. The lowest BCUT2D eigenvalue weighted by atomic mass is 9.88. The van der Waals surface area contributed by atoms with Crippen LogP contribution in [0.4, 0.5) is 11.4 Å². The molecule has 2 aromatic carbocycles. The largest absolute Gasteiger partial charge is 0.507 e. The van der Waals surface area contributed by atoms with Crippen LogP contribution in [0.15, 0.2) is 24.3 Å². The van der Waals surface area contributed by atoms with Gasteiger partial charge in [-0.3, -0.25) is 9.59 Å². The number of aromatic hydroxyl groups is 1. The van der Waals surface area contributed by atoms with Gasteiger partial charge in [0, 0.05) is 29.8 Å². The molecule has 0 saturated heterocycles. The Morgan fingerprint density at radius 2 is 1.77 bits per heavy atom. The number of phenols is 1. The fourth-order valence-corrected chi connectivity index (χ4v) is 3.90. The van der Waals surface area contributed by atoms with Gasteiger partial charge in [-0.2, -0.15) is 0 Å². The van der Waals surface area contributed by atoms with E-state index in [1.165, 1.54) is 0 Å². The number of carbonyl (C=O) groups is 2. The summed E-state index contributed by atoms with van der Waals surface area (Å²) in [6, 6.07) is 6.78. The summed E-state index contributed by atoms with van der Waals surface area (Å²) in [5.74, 6) is -0.0765. The average Bonchev–Trinajstić information content (AvgIpc) is 2.67. The molecular weight excluding hydrogens is 378 g/mol. The Morgan fingerprint density at radius 1 is 1.10 bits per heavy atom. The number of nitrogens with zero attached hydrogens (tertiary/aromatic N) is 1. The van der Waals surface area contributed by atoms with Crippen LogP contribution < -0.4 is 11.1 Å². The summed E-state index contributed by atoms with van der Waals surface area (Å²) in [6.45, 7) is 11.4. The zero-order valence-corrected chi connectivity index (χ0v) is 18.6. The van der Waals surface area contributed by atoms with E-state index in [4.69, 9.17) is 5.73 Å². The number of benzene rings is 2. The van der Waals surface area contributed by atoms with Crippen molar-refractivity contribution in [3.05, 3.63) is 52.1 Å². The Hall–Kier alpha value is -3.02. The third-order valence-electron chi connectivity index (χ3n) is 5.88. The Balaban J connectivity index is 1.97. The minimum atomic E-state index is -0.623. The predicted molar refractivity (Wildman–Crippen MR) is 119 cm³/mol. The van der Waals surface area contributed by atoms with Crippen LogP contribution in [0.5, 0.6) is 5.75 Å². The predicted octanol–water partition coefficient (Wildman–Crippen LogP) is 3.84. The minimum Gasteiger partial charge on any atom is -0.507 e. The first-order valence-corrected chi connectivity index (χ1v) is 10.2. The summed E-state index contributed by atoms with van der Waals surface area (Å²) in [6.07, 6.45) is 0.429. The molecule has 2 aromatic rings. The molecule has 1 atom stereocenters. The standard InChI is InChI=1S/C24H31N3O3/c1-13-9-19(14(2)15(3)21(13)28)26-22(29)20-11-16-7-8-18(25)10-17(16)12-27(20)23(30)24(4,5)6/h7-10,20,28H,11-12,25H2,1-6H3,(H,26,29)/t20-/m0/s1. The van der Waals surface area contributed by atoms with Crippen LogP contribution in [0.1, 0.15) is 48.6 Å². The van der Waals surface area contributed by atoms with Gasteiger partial charge in [-0.1, -0.05) is 26.8 Å². The Bertz CT molecular complexity index is 1020. The van der Waals surface area contributed by atoms with Gasteiger partial charge in [0.1, 0.15) is 11.8 Å². The molecule has 0 unspecified atom stereocenters. The summed E-state index contributed by atoms with van der Waals surface area (Å²) in [4.78, 5) is 28.2. The number of rotatable bonds is 2. The molecule has 0 aliphatic carbocycles. The molecule has 4 N–H and O–H groups in total. The number of hydrogen-bond donors (Lipinski definition) is 3. The quantitative estimate of drug-likeness (QED) is 0.519. The highest BCUT2D eigenvalue weighted by Crippen LogP contribution is 2.33. The van der Waals surface area contributed by atoms with E-state index in [1.807, 2.05) is 52.8 Å². The highest BCUT2D eigenvalue weighted by atomic mass is 16.3. The number of nitrogen functional groups attached to an aromatic ring is 1. The Labute approximate surface area is 178 Å². The molecule has 1 aliphatic rings. The molecule has 0 bridgehead atoms. The Kier molecular flexibility index (Phi) is 5.54. The van der Waals surface area contributed by atoms with E-state index in [0.29, 0.717) is 29.9 Å². The molecule has 1 heterocycles. The van der Waals surface area contributed by atoms with Crippen molar-refractivity contribution < 1.29 is 14.7 Å². The molecule has 0 spiro atoms. The van der Waals surface area contributed by atoms with Crippen molar-refractivity contribution in [2.75, 3.05) is 11.1 Å². The van der Waals surface area contributed by atoms with Crippen molar-refractivity contribution in [2.45, 2.75) is 60.5 Å². The van der Waals surface area contributed by atoms with E-state index < -0.39 is 11.5 Å². The first-order valence-electron chi connectivity index (χ1n) is 10.2. The number of nitrogens with two attached hydrogens (primary N) is 1. The van der Waals surface area contributed by atoms with Crippen LogP contribution >= 0.6 is 0 Å². The van der Waals surface area contributed by atoms with Gasteiger partial charge in [-0.25, -0.2) is 0 Å². The van der Waals surface area contributed by atoms with Crippen LogP contribution in [0.2, 0.25) is 0 Å². The zero-order chi connectivity index (χ0) is 22.4. The van der Waals surface area contributed by atoms with E-state index in [0.717, 1.165) is 22.3 Å². The molecule has 160 valence electrons. The SMILES string of the molecule is Cc1cc(NC(=O)[C@@H]2Cc3ccc(N)cc3CN2C(=O)C(C)(C)C)c(C)c(C)c1O. The first kappa shape index (κ1) is 21.7. The van der Waals surface area contributed by atoms with Gasteiger partial charge in [-0.05, 0) is 66.8 Å². The lowest BCUT2D eigenvalue weighted by Gasteiger charge is -2.39. The van der Waals surface area contributed by atoms with Crippen molar-refractivity contribution in [1.29, 1.82) is 0 Å². The molecule has 0 fully saturated rings. The fourth-order valence-electron chi connectivity index (χ4n) is 3.90. The number of fused-ring (bicyclic) bond motifs is 1. The third kappa shape index (κ3) is 3.99. The number of carbonyl (C=O) groups excluding carboxylic acids is 2. The summed E-state index contributed by atoms with van der Waals surface area (Å²) in [5.41, 5.74) is 10.9. The lowest BCUT2D eigenvalue weighted by Crippen LogP contribution is -2.53. The number of anilines is 2. The number of nitrogens with one attached hydrogen (secondary N) is 1. The van der Waals surface area contributed by atoms with Gasteiger partial charge < -0.3 is 21.1 Å². The van der Waals surface area contributed by atoms with Gasteiger partial charge in [0.05, 0.1) is 0 Å². The summed E-state index contributed by atoms with van der Waals surface area (Å²) >= 11 is 0. The number of aryl methyl sites for hydroxylation is 1. The number of phenolic OH excluding ortho intramolecular Hbond substituents is 1. The maximum absolute atomic E-state index is 13.4. The second kappa shape index (κ2) is 7.67. The van der Waals surface area contributed by atoms with Crippen LogP contribution in [0.3, 0.4) is 0 Å². The third-order valence-corrected chi connectivity index (χ3v) is 5.88.